The molecule has 2 atom stereocenters. The summed E-state index contributed by atoms with van der Waals surface area (Å²) in [5, 5.41) is 2.53. The Morgan fingerprint density at radius 2 is 1.43 bits per heavy atom. The fourth-order valence-corrected chi connectivity index (χ4v) is 5.24. The molecule has 0 N–H and O–H groups in total. The molecule has 0 spiro atoms. The summed E-state index contributed by atoms with van der Waals surface area (Å²) in [5.41, 5.74) is 0. The molecule has 3 heteroatoms. The van der Waals surface area contributed by atoms with Crippen LogP contribution in [0.4, 0.5) is 0 Å². The molecular weight excluding hydrogens is 273 g/mol. The van der Waals surface area contributed by atoms with Crippen LogP contribution in [0.25, 0.3) is 0 Å². The van der Waals surface area contributed by atoms with Crippen LogP contribution in [0, 0.1) is 5.92 Å². The minimum atomic E-state index is -0.890. The van der Waals surface area contributed by atoms with E-state index in [9.17, 15) is 0 Å². The Labute approximate surface area is 137 Å². The quantitative estimate of drug-likeness (QED) is 0.476. The fraction of sp³-hybridized carbons (Fsp3) is 0.944. The van der Waals surface area contributed by atoms with Crippen LogP contribution < -0.4 is 0 Å². The normalized spacial score (nSPS) is 26.2. The fourth-order valence-electron chi connectivity index (χ4n) is 3.45. The Morgan fingerprint density at radius 1 is 0.905 bits per heavy atom. The van der Waals surface area contributed by atoms with Crippen molar-refractivity contribution in [2.45, 2.75) is 94.7 Å². The maximum atomic E-state index is 6.30. The molecule has 0 bridgehead atoms. The SMILES string of the molecule is C1CCCCC1.C[CH2][Al]([CH2]C)[O]C1CCCCC1C=NC. The van der Waals surface area contributed by atoms with E-state index < -0.39 is 14.5 Å². The summed E-state index contributed by atoms with van der Waals surface area (Å²) in [5.74, 6) is 0.594. The van der Waals surface area contributed by atoms with Crippen molar-refractivity contribution < 1.29 is 3.79 Å². The number of nitrogens with zero attached hydrogens (tertiary/aromatic N) is 1. The molecule has 21 heavy (non-hydrogen) atoms. The van der Waals surface area contributed by atoms with Crippen molar-refractivity contribution in [1.29, 1.82) is 0 Å². The van der Waals surface area contributed by atoms with Gasteiger partial charge in [-0.2, -0.15) is 0 Å². The number of rotatable bonds is 5. The molecule has 2 aliphatic carbocycles. The number of hydrogen-bond acceptors (Lipinski definition) is 2. The standard InChI is InChI=1S/C8H14NO.C6H12.2C2H5.Al/c1-9-6-7-4-2-3-5-8(7)10;1-2-4-6-5-3-1;2*1-2;/h6-8H,2-5H2,1H3;1-6H2;2*1H2,2H3;/q-1;;;;+1. The van der Waals surface area contributed by atoms with Crippen LogP contribution in [0.1, 0.15) is 78.1 Å². The predicted octanol–water partition coefficient (Wildman–Crippen LogP) is 5.63. The van der Waals surface area contributed by atoms with Gasteiger partial charge in [0.05, 0.1) is 0 Å². The van der Waals surface area contributed by atoms with Crippen LogP contribution in [-0.2, 0) is 3.79 Å². The minimum absolute atomic E-state index is 0.485. The summed E-state index contributed by atoms with van der Waals surface area (Å²) in [6, 6.07) is 0. The molecule has 0 radical (unpaired) electrons. The van der Waals surface area contributed by atoms with Crippen molar-refractivity contribution in [3.05, 3.63) is 0 Å². The number of aliphatic imine (C=N–C) groups is 1. The highest BCUT2D eigenvalue weighted by Crippen LogP contribution is 2.27. The van der Waals surface area contributed by atoms with Crippen LogP contribution >= 0.6 is 0 Å². The molecule has 2 saturated carbocycles. The van der Waals surface area contributed by atoms with Crippen molar-refractivity contribution in [1.82, 2.24) is 0 Å². The Morgan fingerprint density at radius 3 is 1.90 bits per heavy atom. The van der Waals surface area contributed by atoms with E-state index in [4.69, 9.17) is 3.79 Å². The summed E-state index contributed by atoms with van der Waals surface area (Å²) in [6.45, 7) is 4.54. The van der Waals surface area contributed by atoms with Gasteiger partial charge in [-0.15, -0.1) is 0 Å². The second kappa shape index (κ2) is 12.7. The van der Waals surface area contributed by atoms with Gasteiger partial charge in [0.25, 0.3) is 0 Å². The van der Waals surface area contributed by atoms with E-state index in [1.54, 1.807) is 0 Å². The van der Waals surface area contributed by atoms with Crippen molar-refractivity contribution in [2.24, 2.45) is 10.9 Å². The van der Waals surface area contributed by atoms with Crippen LogP contribution in [-0.4, -0.2) is 33.8 Å². The molecule has 0 aromatic carbocycles. The lowest BCUT2D eigenvalue weighted by molar-refractivity contribution is 0.125. The molecule has 0 aromatic heterocycles. The van der Waals surface area contributed by atoms with Crippen molar-refractivity contribution >= 4 is 20.7 Å². The van der Waals surface area contributed by atoms with Gasteiger partial charge in [-0.3, -0.25) is 0 Å². The molecule has 0 aromatic rings. The van der Waals surface area contributed by atoms with E-state index >= 15 is 0 Å². The highest BCUT2D eigenvalue weighted by atomic mass is 27.2. The maximum Gasteiger partial charge on any atom is 0.460 e. The summed E-state index contributed by atoms with van der Waals surface area (Å²) in [4.78, 5) is 4.18. The van der Waals surface area contributed by atoms with E-state index in [1.165, 1.54) is 74.8 Å². The lowest BCUT2D eigenvalue weighted by Gasteiger charge is -2.31. The zero-order valence-corrected chi connectivity index (χ0v) is 15.8. The van der Waals surface area contributed by atoms with Gasteiger partial charge in [0.2, 0.25) is 0 Å². The summed E-state index contributed by atoms with van der Waals surface area (Å²) >= 11 is -0.890. The second-order valence-corrected chi connectivity index (χ2v) is 9.74. The molecule has 2 aliphatic rings. The first kappa shape index (κ1) is 19.2. The molecule has 2 rings (SSSR count). The molecule has 2 nitrogen and oxygen atoms in total. The molecule has 0 aliphatic heterocycles. The van der Waals surface area contributed by atoms with E-state index in [-0.39, 0.29) is 0 Å². The van der Waals surface area contributed by atoms with Gasteiger partial charge in [0.15, 0.2) is 0 Å². The predicted molar refractivity (Wildman–Crippen MR) is 95.7 cm³/mol. The lowest BCUT2D eigenvalue weighted by atomic mass is 9.87. The first-order chi connectivity index (χ1) is 10.3. The van der Waals surface area contributed by atoms with Crippen molar-refractivity contribution in [2.75, 3.05) is 7.05 Å². The number of hydrogen-bond donors (Lipinski definition) is 0. The van der Waals surface area contributed by atoms with Gasteiger partial charge in [-0.05, 0) is 12.8 Å². The monoisotopic (exact) mass is 309 g/mol. The maximum absolute atomic E-state index is 6.30. The molecule has 2 unspecified atom stereocenters. The highest BCUT2D eigenvalue weighted by Gasteiger charge is 2.28. The van der Waals surface area contributed by atoms with Gasteiger partial charge in [-0.1, -0.05) is 75.8 Å². The smallest absolute Gasteiger partial charge is 0.460 e. The van der Waals surface area contributed by atoms with Crippen LogP contribution in [0.5, 0.6) is 0 Å². The molecule has 0 saturated heterocycles. The first-order valence-corrected chi connectivity index (χ1v) is 11.5. The van der Waals surface area contributed by atoms with E-state index in [0.717, 1.165) is 0 Å². The highest BCUT2D eigenvalue weighted by molar-refractivity contribution is 6.51. The second-order valence-electron chi connectivity index (χ2n) is 6.59. The molecule has 0 amide bonds. The average Bonchev–Trinajstić information content (AvgIpc) is 2.56. The van der Waals surface area contributed by atoms with Gasteiger partial charge in [-0.25, -0.2) is 0 Å². The third-order valence-electron chi connectivity index (χ3n) is 4.87. The zero-order chi connectivity index (χ0) is 15.3. The third-order valence-corrected chi connectivity index (χ3v) is 7.43. The molecular formula is C18H36AlNO. The topological polar surface area (TPSA) is 21.6 Å². The first-order valence-electron chi connectivity index (χ1n) is 9.39. The molecule has 122 valence electrons. The van der Waals surface area contributed by atoms with Crippen molar-refractivity contribution in [3.63, 3.8) is 0 Å². The van der Waals surface area contributed by atoms with Crippen LogP contribution in [0.3, 0.4) is 0 Å². The molecule has 0 heterocycles. The van der Waals surface area contributed by atoms with Crippen LogP contribution in [0.15, 0.2) is 4.99 Å². The van der Waals surface area contributed by atoms with E-state index in [0.29, 0.717) is 12.0 Å². The minimum Gasteiger partial charge on any atom is -0.498 e. The average molecular weight is 309 g/mol. The summed E-state index contributed by atoms with van der Waals surface area (Å²) in [7, 11) is 1.88. The van der Waals surface area contributed by atoms with E-state index in [1.807, 2.05) is 7.05 Å². The Hall–Kier alpha value is 0.162. The van der Waals surface area contributed by atoms with Gasteiger partial charge in [0, 0.05) is 25.3 Å². The van der Waals surface area contributed by atoms with Crippen molar-refractivity contribution in [3.8, 4) is 0 Å². The van der Waals surface area contributed by atoms with Gasteiger partial charge < -0.3 is 8.78 Å². The van der Waals surface area contributed by atoms with Gasteiger partial charge in [0.1, 0.15) is 0 Å². The Balaban J connectivity index is 0.000000304. The van der Waals surface area contributed by atoms with E-state index in [2.05, 4.69) is 25.1 Å². The largest absolute Gasteiger partial charge is 0.498 e. The Kier molecular flexibility index (Phi) is 11.6. The summed E-state index contributed by atoms with van der Waals surface area (Å²) in [6.07, 6.45) is 16.8. The van der Waals surface area contributed by atoms with Crippen LogP contribution in [0.2, 0.25) is 10.6 Å². The zero-order valence-electron chi connectivity index (χ0n) is 14.7. The Bertz CT molecular complexity index is 250. The summed E-state index contributed by atoms with van der Waals surface area (Å²) < 4.78 is 6.30. The molecule has 2 fully saturated rings. The third kappa shape index (κ3) is 8.39. The van der Waals surface area contributed by atoms with Gasteiger partial charge >= 0.3 is 14.5 Å². The lowest BCUT2D eigenvalue weighted by Crippen LogP contribution is -2.34.